The normalized spacial score (nSPS) is 18.2. The quantitative estimate of drug-likeness (QED) is 0.576. The Morgan fingerprint density at radius 3 is 2.52 bits per heavy atom. The zero-order valence-corrected chi connectivity index (χ0v) is 19.0. The van der Waals surface area contributed by atoms with Crippen molar-refractivity contribution in [2.75, 3.05) is 12.4 Å². The van der Waals surface area contributed by atoms with Crippen molar-refractivity contribution in [2.24, 2.45) is 11.8 Å². The Kier molecular flexibility index (Phi) is 6.73. The second-order valence-electron chi connectivity index (χ2n) is 8.28. The van der Waals surface area contributed by atoms with Crippen molar-refractivity contribution in [3.63, 3.8) is 0 Å². The number of thiophene rings is 1. The molecule has 2 heterocycles. The third kappa shape index (κ3) is 4.75. The van der Waals surface area contributed by atoms with E-state index in [1.54, 1.807) is 24.6 Å². The summed E-state index contributed by atoms with van der Waals surface area (Å²) in [5.41, 5.74) is -0.524. The number of nitrogens with zero attached hydrogens (tertiary/aromatic N) is 2. The number of carbonyl (C=O) groups is 2. The Balaban J connectivity index is 1.58. The first-order chi connectivity index (χ1) is 15.9. The molecule has 0 unspecified atom stereocenters. The van der Waals surface area contributed by atoms with Gasteiger partial charge in [-0.1, -0.05) is 12.1 Å². The molecule has 1 saturated carbocycles. The third-order valence-electron chi connectivity index (χ3n) is 6.19. The van der Waals surface area contributed by atoms with Gasteiger partial charge in [0.2, 0.25) is 11.8 Å². The molecular formula is C23H25FN4O4S. The number of rotatable bonds is 6. The van der Waals surface area contributed by atoms with E-state index in [2.05, 4.69) is 10.6 Å². The molecule has 2 N–H and O–H groups in total. The molecule has 33 heavy (non-hydrogen) atoms. The maximum Gasteiger partial charge on any atom is 0.332 e. The number of halogens is 1. The van der Waals surface area contributed by atoms with Crippen LogP contribution in [-0.2, 0) is 22.7 Å². The van der Waals surface area contributed by atoms with Gasteiger partial charge in [0.15, 0.2) is 0 Å². The van der Waals surface area contributed by atoms with Gasteiger partial charge in [0, 0.05) is 19.5 Å². The molecule has 0 spiro atoms. The third-order valence-corrected chi connectivity index (χ3v) is 7.08. The van der Waals surface area contributed by atoms with E-state index in [-0.39, 0.29) is 42.1 Å². The molecule has 1 fully saturated rings. The topological polar surface area (TPSA) is 102 Å². The summed E-state index contributed by atoms with van der Waals surface area (Å²) in [6.45, 7) is -0.106. The van der Waals surface area contributed by atoms with Crippen LogP contribution in [0.4, 0.5) is 10.1 Å². The van der Waals surface area contributed by atoms with Crippen molar-refractivity contribution in [3.8, 4) is 0 Å². The van der Waals surface area contributed by atoms with Crippen molar-refractivity contribution in [1.82, 2.24) is 14.5 Å². The molecule has 0 saturated heterocycles. The van der Waals surface area contributed by atoms with Gasteiger partial charge in [0.1, 0.15) is 17.1 Å². The van der Waals surface area contributed by atoms with Gasteiger partial charge in [-0.2, -0.15) is 0 Å². The summed E-state index contributed by atoms with van der Waals surface area (Å²) in [4.78, 5) is 50.8. The van der Waals surface area contributed by atoms with E-state index in [0.29, 0.717) is 23.1 Å². The fourth-order valence-corrected chi connectivity index (χ4v) is 5.26. The van der Waals surface area contributed by atoms with Crippen LogP contribution in [0.25, 0.3) is 10.2 Å². The number of amides is 2. The average molecular weight is 473 g/mol. The van der Waals surface area contributed by atoms with Gasteiger partial charge in [-0.05, 0) is 55.2 Å². The molecule has 0 radical (unpaired) electrons. The highest BCUT2D eigenvalue weighted by Gasteiger charge is 2.27. The van der Waals surface area contributed by atoms with E-state index >= 15 is 0 Å². The molecule has 0 aliphatic heterocycles. The predicted molar refractivity (Wildman–Crippen MR) is 125 cm³/mol. The lowest BCUT2D eigenvalue weighted by molar-refractivity contribution is -0.125. The smallest absolute Gasteiger partial charge is 0.332 e. The summed E-state index contributed by atoms with van der Waals surface area (Å²) in [5.74, 6) is -1.06. The van der Waals surface area contributed by atoms with Crippen LogP contribution >= 0.6 is 11.3 Å². The molecule has 2 amide bonds. The Morgan fingerprint density at radius 2 is 1.82 bits per heavy atom. The minimum Gasteiger partial charge on any atom is -0.359 e. The van der Waals surface area contributed by atoms with Crippen molar-refractivity contribution < 1.29 is 14.0 Å². The van der Waals surface area contributed by atoms with E-state index in [4.69, 9.17) is 0 Å². The molecule has 0 atom stereocenters. The van der Waals surface area contributed by atoms with Crippen LogP contribution in [0.3, 0.4) is 0 Å². The number of hydrogen-bond acceptors (Lipinski definition) is 5. The van der Waals surface area contributed by atoms with Gasteiger partial charge in [0.25, 0.3) is 5.56 Å². The highest BCUT2D eigenvalue weighted by molar-refractivity contribution is 7.17. The lowest BCUT2D eigenvalue weighted by atomic mass is 9.81. The second kappa shape index (κ2) is 9.70. The number of anilines is 1. The number of hydrogen-bond donors (Lipinski definition) is 2. The van der Waals surface area contributed by atoms with Gasteiger partial charge in [-0.3, -0.25) is 23.5 Å². The summed E-state index contributed by atoms with van der Waals surface area (Å²) in [7, 11) is 1.62. The number of fused-ring (bicyclic) bond motifs is 1. The minimum absolute atomic E-state index is 0.0221. The van der Waals surface area contributed by atoms with Gasteiger partial charge in [-0.25, -0.2) is 9.18 Å². The van der Waals surface area contributed by atoms with Crippen LogP contribution in [0, 0.1) is 17.7 Å². The minimum atomic E-state index is -0.573. The van der Waals surface area contributed by atoms with Gasteiger partial charge in [0.05, 0.1) is 11.2 Å². The van der Waals surface area contributed by atoms with Crippen molar-refractivity contribution in [2.45, 2.75) is 38.8 Å². The number of aromatic nitrogens is 2. The van der Waals surface area contributed by atoms with Gasteiger partial charge >= 0.3 is 5.69 Å². The summed E-state index contributed by atoms with van der Waals surface area (Å²) in [6, 6.07) is 7.42. The number of carbonyl (C=O) groups excluding carboxylic acids is 2. The van der Waals surface area contributed by atoms with Gasteiger partial charge < -0.3 is 10.6 Å². The molecule has 174 valence electrons. The first-order valence-corrected chi connectivity index (χ1v) is 11.7. The first kappa shape index (κ1) is 22.9. The van der Waals surface area contributed by atoms with Gasteiger partial charge in [-0.15, -0.1) is 11.3 Å². The highest BCUT2D eigenvalue weighted by Crippen LogP contribution is 2.29. The van der Waals surface area contributed by atoms with Crippen molar-refractivity contribution in [3.05, 3.63) is 62.4 Å². The van der Waals surface area contributed by atoms with E-state index in [9.17, 15) is 23.6 Å². The summed E-state index contributed by atoms with van der Waals surface area (Å²) in [5, 5.41) is 6.86. The maximum absolute atomic E-state index is 13.9. The van der Waals surface area contributed by atoms with Crippen LogP contribution in [0.5, 0.6) is 0 Å². The maximum atomic E-state index is 13.9. The molecule has 3 aromatic rings. The van der Waals surface area contributed by atoms with E-state index < -0.39 is 17.4 Å². The van der Waals surface area contributed by atoms with Crippen LogP contribution in [0.15, 0.2) is 45.3 Å². The molecule has 1 aliphatic rings. The molecule has 2 aromatic heterocycles. The van der Waals surface area contributed by atoms with Crippen molar-refractivity contribution >= 4 is 39.1 Å². The molecule has 1 aliphatic carbocycles. The van der Waals surface area contributed by atoms with Crippen molar-refractivity contribution in [1.29, 1.82) is 0 Å². The Hall–Kier alpha value is -3.27. The number of benzene rings is 1. The second-order valence-corrected chi connectivity index (χ2v) is 9.20. The Morgan fingerprint density at radius 1 is 1.09 bits per heavy atom. The SMILES string of the molecule is CNC(=O)C1CCC(Cn2c(=O)c3sccc3n(CC(=O)Nc3ccccc3F)c2=O)CC1. The average Bonchev–Trinajstić information content (AvgIpc) is 3.31. The fourth-order valence-electron chi connectivity index (χ4n) is 4.41. The van der Waals surface area contributed by atoms with E-state index in [1.807, 2.05) is 0 Å². The van der Waals surface area contributed by atoms with E-state index in [1.165, 1.54) is 38.7 Å². The molecule has 10 heteroatoms. The molecule has 1 aromatic carbocycles. The highest BCUT2D eigenvalue weighted by atomic mass is 32.1. The summed E-state index contributed by atoms with van der Waals surface area (Å²) < 4.78 is 16.8. The number of nitrogens with one attached hydrogen (secondary N) is 2. The zero-order valence-electron chi connectivity index (χ0n) is 18.2. The molecular weight excluding hydrogens is 447 g/mol. The lowest BCUT2D eigenvalue weighted by Crippen LogP contribution is -2.43. The standard InChI is InChI=1S/C23H25FN4O4S/c1-25-21(30)15-8-6-14(7-9-15)12-28-22(31)20-18(10-11-33-20)27(23(28)32)13-19(29)26-17-5-3-2-4-16(17)24/h2-5,10-11,14-15H,6-9,12-13H2,1H3,(H,25,30)(H,26,29). The zero-order chi connectivity index (χ0) is 23.5. The molecule has 4 rings (SSSR count). The molecule has 8 nitrogen and oxygen atoms in total. The monoisotopic (exact) mass is 472 g/mol. The van der Waals surface area contributed by atoms with Crippen LogP contribution < -0.4 is 21.9 Å². The van der Waals surface area contributed by atoms with E-state index in [0.717, 1.165) is 12.8 Å². The van der Waals surface area contributed by atoms with Crippen LogP contribution in [-0.4, -0.2) is 28.0 Å². The first-order valence-electron chi connectivity index (χ1n) is 10.9. The predicted octanol–water partition coefficient (Wildman–Crippen LogP) is 2.55. The Bertz CT molecular complexity index is 1300. The largest absolute Gasteiger partial charge is 0.359 e. The lowest BCUT2D eigenvalue weighted by Gasteiger charge is -2.27. The van der Waals surface area contributed by atoms with Crippen LogP contribution in [0.2, 0.25) is 0 Å². The fraction of sp³-hybridized carbons (Fsp3) is 0.391. The summed E-state index contributed by atoms with van der Waals surface area (Å²) >= 11 is 1.22. The Labute approximate surface area is 193 Å². The van der Waals surface area contributed by atoms with Crippen LogP contribution in [0.1, 0.15) is 25.7 Å². The summed E-state index contributed by atoms with van der Waals surface area (Å²) in [6.07, 6.45) is 2.89. The number of para-hydroxylation sites is 1. The molecule has 0 bridgehead atoms.